The molecule has 1 spiro atoms. The molecule has 5 saturated heterocycles. The lowest BCUT2D eigenvalue weighted by molar-refractivity contribution is -0.136. The zero-order valence-corrected chi connectivity index (χ0v) is 33.3. The Morgan fingerprint density at radius 2 is 1.58 bits per heavy atom. The third kappa shape index (κ3) is 6.93. The Labute approximate surface area is 340 Å². The summed E-state index contributed by atoms with van der Waals surface area (Å²) in [6, 6.07) is 16.7. The van der Waals surface area contributed by atoms with Crippen molar-refractivity contribution in [3.8, 4) is 6.07 Å². The van der Waals surface area contributed by atoms with Crippen LogP contribution in [-0.4, -0.2) is 122 Å². The van der Waals surface area contributed by atoms with Gasteiger partial charge in [-0.1, -0.05) is 17.7 Å². The number of anilines is 3. The Kier molecular flexibility index (Phi) is 9.95. The zero-order chi connectivity index (χ0) is 39.4. The molecule has 9 rings (SSSR count). The van der Waals surface area contributed by atoms with Crippen LogP contribution >= 0.6 is 22.9 Å². The van der Waals surface area contributed by atoms with E-state index in [0.29, 0.717) is 27.8 Å². The van der Waals surface area contributed by atoms with Crippen LogP contribution < -0.4 is 20.0 Å². The summed E-state index contributed by atoms with van der Waals surface area (Å²) in [5.41, 5.74) is 3.13. The molecule has 1 N–H and O–H groups in total. The highest BCUT2D eigenvalue weighted by Gasteiger charge is 2.47. The fourth-order valence-electron chi connectivity index (χ4n) is 9.85. The molecule has 0 bridgehead atoms. The molecule has 1 unspecified atom stereocenters. The van der Waals surface area contributed by atoms with E-state index in [1.807, 2.05) is 29.2 Å². The molecular weight excluding hydrogens is 764 g/mol. The largest absolute Gasteiger partial charge is 0.371 e. The van der Waals surface area contributed by atoms with E-state index in [0.717, 1.165) is 124 Å². The maximum atomic E-state index is 13.7. The fourth-order valence-corrected chi connectivity index (χ4v) is 11.1. The second-order valence-corrected chi connectivity index (χ2v) is 17.7. The van der Waals surface area contributed by atoms with Crippen molar-refractivity contribution < 1.29 is 24.0 Å². The molecule has 0 aliphatic carbocycles. The minimum absolute atomic E-state index is 0.0905. The number of rotatable bonds is 6. The number of fused-ring (bicyclic) bond motifs is 1. The number of nitrogens with zero attached hydrogens (tertiary/aromatic N) is 7. The van der Waals surface area contributed by atoms with E-state index in [1.54, 1.807) is 29.5 Å². The lowest BCUT2D eigenvalue weighted by Gasteiger charge is -2.43. The van der Waals surface area contributed by atoms with E-state index < -0.39 is 23.8 Å². The van der Waals surface area contributed by atoms with Gasteiger partial charge in [0, 0.05) is 83.6 Å². The lowest BCUT2D eigenvalue weighted by Crippen LogP contribution is -2.54. The number of nitriles is 1. The number of hydrogen-bond acceptors (Lipinski definition) is 11. The summed E-state index contributed by atoms with van der Waals surface area (Å²) in [6.07, 6.45) is 5.13. The highest BCUT2D eigenvalue weighted by Crippen LogP contribution is 2.43. The van der Waals surface area contributed by atoms with Gasteiger partial charge in [0.25, 0.3) is 17.7 Å². The van der Waals surface area contributed by atoms with Crippen molar-refractivity contribution >= 4 is 68.8 Å². The van der Waals surface area contributed by atoms with Crippen molar-refractivity contribution in [2.45, 2.75) is 57.0 Å². The Hall–Kier alpha value is -4.97. The highest BCUT2D eigenvalue weighted by atomic mass is 35.5. The van der Waals surface area contributed by atoms with Crippen LogP contribution in [-0.2, 0) is 9.59 Å². The molecule has 6 aliphatic rings. The van der Waals surface area contributed by atoms with E-state index in [2.05, 4.69) is 37.1 Å². The van der Waals surface area contributed by atoms with Crippen molar-refractivity contribution in [2.24, 2.45) is 5.41 Å². The predicted octanol–water partition coefficient (Wildman–Crippen LogP) is 4.60. The SMILES string of the molecule is N#Cc1ccc(N2CCC3(CCN(C(=O)c4ccc(N5CCN(C6CCN(c7cccc8c7C(=O)N(C7CCC(=O)NC7=O)C8=O)CC6)CC5)s4)CC3)C2)cc1Cl. The molecule has 0 radical (unpaired) electrons. The first kappa shape index (κ1) is 37.6. The molecule has 57 heavy (non-hydrogen) atoms. The highest BCUT2D eigenvalue weighted by molar-refractivity contribution is 7.18. The molecule has 5 fully saturated rings. The van der Waals surface area contributed by atoms with Crippen LogP contribution in [0.5, 0.6) is 0 Å². The number of likely N-dealkylation sites (tertiary alicyclic amines) is 1. The number of carbonyl (C=O) groups excluding carboxylic acids is 5. The molecule has 3 aromatic rings. The molecule has 6 aliphatic heterocycles. The number of halogens is 1. The first-order valence-corrected chi connectivity index (χ1v) is 21.2. The molecule has 296 valence electrons. The second kappa shape index (κ2) is 15.1. The molecule has 15 heteroatoms. The van der Waals surface area contributed by atoms with Crippen molar-refractivity contribution in [2.75, 3.05) is 80.1 Å². The van der Waals surface area contributed by atoms with Gasteiger partial charge in [-0.3, -0.25) is 39.1 Å². The van der Waals surface area contributed by atoms with E-state index >= 15 is 0 Å². The van der Waals surface area contributed by atoms with Gasteiger partial charge in [-0.25, -0.2) is 0 Å². The molecule has 1 atom stereocenters. The van der Waals surface area contributed by atoms with Gasteiger partial charge < -0.3 is 19.6 Å². The quantitative estimate of drug-likeness (QED) is 0.352. The molecule has 13 nitrogen and oxygen atoms in total. The summed E-state index contributed by atoms with van der Waals surface area (Å²) in [4.78, 5) is 78.3. The number of imide groups is 2. The summed E-state index contributed by atoms with van der Waals surface area (Å²) in [6.45, 7) is 8.55. The van der Waals surface area contributed by atoms with Gasteiger partial charge in [-0.2, -0.15) is 5.26 Å². The monoisotopic (exact) mass is 808 g/mol. The topological polar surface area (TPSA) is 141 Å². The number of thiophene rings is 1. The van der Waals surface area contributed by atoms with E-state index in [9.17, 15) is 29.2 Å². The number of nitrogens with one attached hydrogen (secondary N) is 1. The number of amides is 5. The van der Waals surface area contributed by atoms with Gasteiger partial charge in [0.1, 0.15) is 12.1 Å². The number of hydrogen-bond donors (Lipinski definition) is 1. The van der Waals surface area contributed by atoms with Gasteiger partial charge >= 0.3 is 0 Å². The molecule has 7 heterocycles. The molecule has 1 aromatic heterocycles. The second-order valence-electron chi connectivity index (χ2n) is 16.3. The Balaban J connectivity index is 0.752. The maximum Gasteiger partial charge on any atom is 0.264 e. The van der Waals surface area contributed by atoms with E-state index in [1.165, 1.54) is 0 Å². The number of carbonyl (C=O) groups is 5. The minimum Gasteiger partial charge on any atom is -0.371 e. The summed E-state index contributed by atoms with van der Waals surface area (Å²) in [5.74, 6) is -1.82. The number of benzene rings is 2. The molecular formula is C42H45ClN8O5S. The van der Waals surface area contributed by atoms with Crippen LogP contribution in [0.25, 0.3) is 0 Å². The van der Waals surface area contributed by atoms with Gasteiger partial charge in [0.05, 0.1) is 37.3 Å². The van der Waals surface area contributed by atoms with Crippen molar-refractivity contribution in [1.82, 2.24) is 20.0 Å². The number of piperidine rings is 3. The number of piperazine rings is 1. The van der Waals surface area contributed by atoms with Crippen molar-refractivity contribution in [1.29, 1.82) is 5.26 Å². The summed E-state index contributed by atoms with van der Waals surface area (Å²) in [5, 5.41) is 13.1. The van der Waals surface area contributed by atoms with Crippen LogP contribution in [0.15, 0.2) is 48.5 Å². The first-order chi connectivity index (χ1) is 27.6. The summed E-state index contributed by atoms with van der Waals surface area (Å²) >= 11 is 7.92. The molecule has 5 amide bonds. The maximum absolute atomic E-state index is 13.7. The average molecular weight is 809 g/mol. The summed E-state index contributed by atoms with van der Waals surface area (Å²) < 4.78 is 0. The average Bonchev–Trinajstić information content (AvgIpc) is 3.95. The van der Waals surface area contributed by atoms with E-state index in [-0.39, 0.29) is 30.1 Å². The standard InChI is InChI=1S/C42H45ClN8O5S/c43-31-24-29(5-4-27(31)25-44)50-19-14-42(26-50)12-17-49(18-13-42)40(55)34-7-9-36(57-34)48-22-20-46(21-23-48)28-10-15-47(16-11-28)32-3-1-2-30-37(32)41(56)51(39(30)54)33-6-8-35(52)45-38(33)53/h1-5,7,9,24,28,33H,6,8,10-23,26H2,(H,45,52,53). The fraction of sp³-hybridized carbons (Fsp3) is 0.476. The van der Waals surface area contributed by atoms with E-state index in [4.69, 9.17) is 11.6 Å². The van der Waals surface area contributed by atoms with Crippen molar-refractivity contribution in [3.63, 3.8) is 0 Å². The Morgan fingerprint density at radius 3 is 2.30 bits per heavy atom. The van der Waals surface area contributed by atoms with Gasteiger partial charge in [-0.05, 0) is 86.4 Å². The Morgan fingerprint density at radius 1 is 0.825 bits per heavy atom. The smallest absolute Gasteiger partial charge is 0.264 e. The zero-order valence-electron chi connectivity index (χ0n) is 31.8. The third-order valence-electron chi connectivity index (χ3n) is 13.2. The summed E-state index contributed by atoms with van der Waals surface area (Å²) in [7, 11) is 0. The predicted molar refractivity (Wildman–Crippen MR) is 217 cm³/mol. The van der Waals surface area contributed by atoms with Gasteiger partial charge in [0.2, 0.25) is 11.8 Å². The van der Waals surface area contributed by atoms with Crippen LogP contribution in [0.2, 0.25) is 5.02 Å². The first-order valence-electron chi connectivity index (χ1n) is 20.0. The van der Waals surface area contributed by atoms with Crippen LogP contribution in [0.4, 0.5) is 16.4 Å². The van der Waals surface area contributed by atoms with Crippen LogP contribution in [0, 0.1) is 16.7 Å². The van der Waals surface area contributed by atoms with Crippen LogP contribution in [0.3, 0.4) is 0 Å². The third-order valence-corrected chi connectivity index (χ3v) is 14.6. The van der Waals surface area contributed by atoms with Crippen LogP contribution in [0.1, 0.15) is 80.9 Å². The van der Waals surface area contributed by atoms with Crippen molar-refractivity contribution in [3.05, 3.63) is 75.1 Å². The molecule has 0 saturated carbocycles. The van der Waals surface area contributed by atoms with Gasteiger partial charge in [0.15, 0.2) is 0 Å². The Bertz CT molecular complexity index is 2180. The molecule has 2 aromatic carbocycles. The van der Waals surface area contributed by atoms with Gasteiger partial charge in [-0.15, -0.1) is 11.3 Å². The normalized spacial score (nSPS) is 23.0. The minimum atomic E-state index is -0.982. The lowest BCUT2D eigenvalue weighted by atomic mass is 9.77.